The van der Waals surface area contributed by atoms with E-state index in [0.717, 1.165) is 18.5 Å². The van der Waals surface area contributed by atoms with Gasteiger partial charge >= 0.3 is 0 Å². The fourth-order valence-corrected chi connectivity index (χ4v) is 3.02. The van der Waals surface area contributed by atoms with E-state index in [-0.39, 0.29) is 6.61 Å². The molecule has 98 valence electrons. The molecule has 3 heteroatoms. The molecule has 1 atom stereocenters. The lowest BCUT2D eigenvalue weighted by Gasteiger charge is -2.31. The average molecular weight is 274 g/mol. The van der Waals surface area contributed by atoms with Gasteiger partial charge in [0.15, 0.2) is 0 Å². The van der Waals surface area contributed by atoms with Gasteiger partial charge in [-0.05, 0) is 36.1 Å². The minimum atomic E-state index is -0.415. The Hall–Kier alpha value is -1.51. The Morgan fingerprint density at radius 1 is 1.11 bits per heavy atom. The molecule has 0 saturated carbocycles. The van der Waals surface area contributed by atoms with E-state index in [1.54, 1.807) is 0 Å². The zero-order valence-electron chi connectivity index (χ0n) is 10.6. The molecule has 2 aromatic carbocycles. The van der Waals surface area contributed by atoms with Gasteiger partial charge in [0.05, 0.1) is 22.9 Å². The molecule has 19 heavy (non-hydrogen) atoms. The van der Waals surface area contributed by atoms with E-state index in [9.17, 15) is 5.11 Å². The predicted molar refractivity (Wildman–Crippen MR) is 78.6 cm³/mol. The summed E-state index contributed by atoms with van der Waals surface area (Å²) < 4.78 is 0. The van der Waals surface area contributed by atoms with Gasteiger partial charge in [-0.1, -0.05) is 48.0 Å². The van der Waals surface area contributed by atoms with Gasteiger partial charge in [0.2, 0.25) is 0 Å². The Balaban J connectivity index is 2.00. The lowest BCUT2D eigenvalue weighted by molar-refractivity contribution is 0.212. The molecule has 0 radical (unpaired) electrons. The number of nitrogens with one attached hydrogen (secondary N) is 1. The smallest absolute Gasteiger partial charge is 0.0862 e. The molecular formula is C16H16ClNO. The summed E-state index contributed by atoms with van der Waals surface area (Å²) in [6.07, 6.45) is 1.86. The highest BCUT2D eigenvalue weighted by molar-refractivity contribution is 6.33. The number of aryl methyl sites for hydroxylation is 1. The molecule has 2 aromatic rings. The third-order valence-electron chi connectivity index (χ3n) is 3.87. The number of rotatable bonds is 3. The van der Waals surface area contributed by atoms with Crippen LogP contribution < -0.4 is 5.32 Å². The molecule has 1 aliphatic carbocycles. The maximum Gasteiger partial charge on any atom is 0.0862 e. The topological polar surface area (TPSA) is 32.3 Å². The van der Waals surface area contributed by atoms with Gasteiger partial charge in [0.25, 0.3) is 0 Å². The van der Waals surface area contributed by atoms with Crippen molar-refractivity contribution in [2.24, 2.45) is 0 Å². The van der Waals surface area contributed by atoms with Gasteiger partial charge in [0.1, 0.15) is 0 Å². The van der Waals surface area contributed by atoms with E-state index in [1.165, 1.54) is 11.1 Å². The summed E-state index contributed by atoms with van der Waals surface area (Å²) in [6, 6.07) is 15.9. The molecule has 2 nitrogen and oxygen atoms in total. The number of hydrogen-bond donors (Lipinski definition) is 2. The number of aliphatic hydroxyl groups excluding tert-OH is 1. The van der Waals surface area contributed by atoms with Crippen molar-refractivity contribution in [3.8, 4) is 0 Å². The molecule has 3 rings (SSSR count). The number of para-hydroxylation sites is 1. The van der Waals surface area contributed by atoms with Crippen LogP contribution in [0.5, 0.6) is 0 Å². The average Bonchev–Trinajstić information content (AvgIpc) is 2.81. The summed E-state index contributed by atoms with van der Waals surface area (Å²) in [6.45, 7) is 0.0647. The Labute approximate surface area is 118 Å². The standard InChI is InChI=1S/C16H16ClNO/c17-14-7-3-4-8-15(14)18-16(11-19)10-9-12-5-1-2-6-13(12)16/h1-8,18-19H,9-11H2. The van der Waals surface area contributed by atoms with Gasteiger partial charge in [-0.3, -0.25) is 0 Å². The van der Waals surface area contributed by atoms with Crippen molar-refractivity contribution >= 4 is 17.3 Å². The van der Waals surface area contributed by atoms with Crippen LogP contribution in [-0.2, 0) is 12.0 Å². The monoisotopic (exact) mass is 273 g/mol. The molecule has 0 saturated heterocycles. The quantitative estimate of drug-likeness (QED) is 0.896. The minimum absolute atomic E-state index is 0.0647. The Morgan fingerprint density at radius 2 is 1.84 bits per heavy atom. The van der Waals surface area contributed by atoms with Crippen LogP contribution in [-0.4, -0.2) is 11.7 Å². The van der Waals surface area contributed by atoms with Crippen LogP contribution in [0, 0.1) is 0 Å². The number of anilines is 1. The van der Waals surface area contributed by atoms with Crippen molar-refractivity contribution < 1.29 is 5.11 Å². The van der Waals surface area contributed by atoms with E-state index >= 15 is 0 Å². The summed E-state index contributed by atoms with van der Waals surface area (Å²) >= 11 is 6.20. The van der Waals surface area contributed by atoms with E-state index in [0.29, 0.717) is 5.02 Å². The zero-order valence-corrected chi connectivity index (χ0v) is 11.3. The van der Waals surface area contributed by atoms with Crippen molar-refractivity contribution in [1.29, 1.82) is 0 Å². The van der Waals surface area contributed by atoms with Crippen molar-refractivity contribution in [2.75, 3.05) is 11.9 Å². The predicted octanol–water partition coefficient (Wildman–Crippen LogP) is 3.59. The molecule has 0 heterocycles. The maximum atomic E-state index is 9.91. The maximum absolute atomic E-state index is 9.91. The van der Waals surface area contributed by atoms with Gasteiger partial charge in [0, 0.05) is 0 Å². The van der Waals surface area contributed by atoms with E-state index in [2.05, 4.69) is 17.4 Å². The van der Waals surface area contributed by atoms with Crippen LogP contribution in [0.4, 0.5) is 5.69 Å². The SMILES string of the molecule is OCC1(Nc2ccccc2Cl)CCc2ccccc21. The second kappa shape index (κ2) is 4.87. The van der Waals surface area contributed by atoms with Crippen LogP contribution in [0.2, 0.25) is 5.02 Å². The molecule has 0 aromatic heterocycles. The fourth-order valence-electron chi connectivity index (χ4n) is 2.84. The van der Waals surface area contributed by atoms with Crippen molar-refractivity contribution in [3.63, 3.8) is 0 Å². The third-order valence-corrected chi connectivity index (χ3v) is 4.20. The summed E-state index contributed by atoms with van der Waals surface area (Å²) in [5, 5.41) is 14.0. The molecule has 2 N–H and O–H groups in total. The molecule has 1 unspecified atom stereocenters. The minimum Gasteiger partial charge on any atom is -0.394 e. The summed E-state index contributed by atoms with van der Waals surface area (Å²) in [4.78, 5) is 0. The first kappa shape index (κ1) is 12.5. The first-order chi connectivity index (χ1) is 9.25. The molecule has 0 fully saturated rings. The molecule has 0 aliphatic heterocycles. The summed E-state index contributed by atoms with van der Waals surface area (Å²) in [5.74, 6) is 0. The summed E-state index contributed by atoms with van der Waals surface area (Å²) in [7, 11) is 0. The molecule has 0 spiro atoms. The van der Waals surface area contributed by atoms with Gasteiger partial charge in [-0.15, -0.1) is 0 Å². The molecule has 0 bridgehead atoms. The highest BCUT2D eigenvalue weighted by Crippen LogP contribution is 2.40. The van der Waals surface area contributed by atoms with E-state index in [4.69, 9.17) is 11.6 Å². The lowest BCUT2D eigenvalue weighted by atomic mass is 9.92. The van der Waals surface area contributed by atoms with Crippen LogP contribution in [0.3, 0.4) is 0 Å². The molecular weight excluding hydrogens is 258 g/mol. The van der Waals surface area contributed by atoms with Crippen molar-refractivity contribution in [2.45, 2.75) is 18.4 Å². The van der Waals surface area contributed by atoms with E-state index in [1.807, 2.05) is 36.4 Å². The van der Waals surface area contributed by atoms with E-state index < -0.39 is 5.54 Å². The van der Waals surface area contributed by atoms with Crippen LogP contribution >= 0.6 is 11.6 Å². The van der Waals surface area contributed by atoms with Gasteiger partial charge in [-0.2, -0.15) is 0 Å². The second-order valence-electron chi connectivity index (χ2n) is 5.00. The van der Waals surface area contributed by atoms with Crippen molar-refractivity contribution in [3.05, 3.63) is 64.7 Å². The number of benzene rings is 2. The van der Waals surface area contributed by atoms with Crippen LogP contribution in [0.25, 0.3) is 0 Å². The van der Waals surface area contributed by atoms with Gasteiger partial charge < -0.3 is 10.4 Å². The fraction of sp³-hybridized carbons (Fsp3) is 0.250. The first-order valence-corrected chi connectivity index (χ1v) is 6.85. The third kappa shape index (κ3) is 2.11. The second-order valence-corrected chi connectivity index (χ2v) is 5.41. The Morgan fingerprint density at radius 3 is 2.63 bits per heavy atom. The largest absolute Gasteiger partial charge is 0.394 e. The van der Waals surface area contributed by atoms with Crippen LogP contribution in [0.15, 0.2) is 48.5 Å². The van der Waals surface area contributed by atoms with Gasteiger partial charge in [-0.25, -0.2) is 0 Å². The Bertz CT molecular complexity index is 599. The van der Waals surface area contributed by atoms with Crippen LogP contribution in [0.1, 0.15) is 17.5 Å². The molecule has 1 aliphatic rings. The normalized spacial score (nSPS) is 21.2. The molecule has 0 amide bonds. The Kier molecular flexibility index (Phi) is 3.21. The number of aliphatic hydroxyl groups is 1. The highest BCUT2D eigenvalue weighted by atomic mass is 35.5. The number of hydrogen-bond acceptors (Lipinski definition) is 2. The lowest BCUT2D eigenvalue weighted by Crippen LogP contribution is -2.37. The number of fused-ring (bicyclic) bond motifs is 1. The zero-order chi connectivity index (χ0) is 13.3. The number of halogens is 1. The first-order valence-electron chi connectivity index (χ1n) is 6.47. The highest BCUT2D eigenvalue weighted by Gasteiger charge is 2.38. The summed E-state index contributed by atoms with van der Waals surface area (Å²) in [5.41, 5.74) is 2.94. The van der Waals surface area contributed by atoms with Crippen molar-refractivity contribution in [1.82, 2.24) is 0 Å².